The van der Waals surface area contributed by atoms with Gasteiger partial charge in [0.25, 0.3) is 0 Å². The minimum absolute atomic E-state index is 0.0563. The van der Waals surface area contributed by atoms with Gasteiger partial charge >= 0.3 is 0 Å². The summed E-state index contributed by atoms with van der Waals surface area (Å²) >= 11 is 0. The van der Waals surface area contributed by atoms with E-state index in [2.05, 4.69) is 117 Å². The molecule has 0 saturated carbocycles. The molecule has 8 heteroatoms. The van der Waals surface area contributed by atoms with Crippen molar-refractivity contribution >= 4 is 11.9 Å². The minimum Gasteiger partial charge on any atom is -0.550 e. The van der Waals surface area contributed by atoms with Crippen molar-refractivity contribution in [2.24, 2.45) is 17.3 Å². The maximum Gasteiger partial charge on any atom is 0.109 e. The molecule has 2 aromatic rings. The summed E-state index contributed by atoms with van der Waals surface area (Å²) in [5, 5.41) is 29.5. The standard InChI is InChI=1S/C46H72N2O6/c1-40(2)30-36(31-41(3,4)47(40)53-44(9,10)34-24-18-16-19-25-34)46(39(51)52,29-23-15-13-14-22-28-38(49)50)37-32-42(5,6)48(43(7,8)33-37)54-45(11,12)35-26-20-17-21-27-35/h16-21,24-27,36-37H,13-15,22-23,28-33H2,1-12H3,(H,49,50)(H,51,52)/p-2. The van der Waals surface area contributed by atoms with Gasteiger partial charge in [0.05, 0.1) is 0 Å². The number of carboxylic acid groups (broad SMARTS) is 2. The Labute approximate surface area is 326 Å². The first kappa shape index (κ1) is 43.9. The molecule has 8 nitrogen and oxygen atoms in total. The Hall–Kier alpha value is -2.78. The number of unbranched alkanes of at least 4 members (excludes halogenated alkanes) is 4. The molecule has 2 heterocycles. The Kier molecular flexibility index (Phi) is 13.3. The third-order valence-electron chi connectivity index (χ3n) is 12.6. The molecule has 2 fully saturated rings. The molecule has 2 saturated heterocycles. The van der Waals surface area contributed by atoms with Gasteiger partial charge in [-0.1, -0.05) is 86.3 Å². The Morgan fingerprint density at radius 2 is 0.926 bits per heavy atom. The third kappa shape index (κ3) is 9.77. The molecule has 0 spiro atoms. The van der Waals surface area contributed by atoms with Crippen LogP contribution in [0.3, 0.4) is 0 Å². The van der Waals surface area contributed by atoms with Crippen LogP contribution < -0.4 is 10.2 Å². The predicted molar refractivity (Wildman–Crippen MR) is 211 cm³/mol. The van der Waals surface area contributed by atoms with E-state index in [1.807, 2.05) is 36.4 Å². The average Bonchev–Trinajstić information content (AvgIpc) is 3.06. The zero-order chi connectivity index (χ0) is 40.4. The van der Waals surface area contributed by atoms with Gasteiger partial charge in [-0.3, -0.25) is 9.68 Å². The van der Waals surface area contributed by atoms with Crippen molar-refractivity contribution in [1.82, 2.24) is 10.1 Å². The number of piperidine rings is 2. The van der Waals surface area contributed by atoms with Gasteiger partial charge in [-0.15, -0.1) is 0 Å². The van der Waals surface area contributed by atoms with Crippen LogP contribution >= 0.6 is 0 Å². The van der Waals surface area contributed by atoms with Crippen molar-refractivity contribution in [2.45, 2.75) is 187 Å². The van der Waals surface area contributed by atoms with Crippen molar-refractivity contribution in [3.05, 3.63) is 71.8 Å². The van der Waals surface area contributed by atoms with Crippen molar-refractivity contribution in [2.75, 3.05) is 0 Å². The molecule has 0 aliphatic carbocycles. The van der Waals surface area contributed by atoms with Crippen molar-refractivity contribution < 1.29 is 29.5 Å². The number of aliphatic carboxylic acids is 2. The first-order valence-electron chi connectivity index (χ1n) is 20.4. The summed E-state index contributed by atoms with van der Waals surface area (Å²) in [6, 6.07) is 20.5. The lowest BCUT2D eigenvalue weighted by molar-refractivity contribution is -0.363. The summed E-state index contributed by atoms with van der Waals surface area (Å²) in [5.41, 5.74) is -2.09. The number of carbonyl (C=O) groups is 2. The van der Waals surface area contributed by atoms with E-state index in [-0.39, 0.29) is 18.3 Å². The third-order valence-corrected chi connectivity index (χ3v) is 12.6. The number of carbonyl (C=O) groups excluding carboxylic acids is 2. The number of hydroxylamine groups is 4. The lowest BCUT2D eigenvalue weighted by atomic mass is 9.52. The van der Waals surface area contributed by atoms with Gasteiger partial charge in [-0.2, -0.15) is 10.1 Å². The van der Waals surface area contributed by atoms with Crippen LogP contribution in [0, 0.1) is 17.3 Å². The molecular weight excluding hydrogens is 677 g/mol. The normalized spacial score (nSPS) is 21.2. The summed E-state index contributed by atoms with van der Waals surface area (Å²) < 4.78 is 0. The SMILES string of the molecule is CC(C)(ON1C(C)(C)CC(C(CCCCCCCC(=O)[O-])(C(=O)[O-])C2CC(C)(C)N(OC(C)(C)c3ccccc3)C(C)(C)C2)CC1(C)C)c1ccccc1. The van der Waals surface area contributed by atoms with Crippen LogP contribution in [0.2, 0.25) is 0 Å². The van der Waals surface area contributed by atoms with Gasteiger partial charge in [0.2, 0.25) is 0 Å². The number of carboxylic acids is 2. The van der Waals surface area contributed by atoms with Crippen molar-refractivity contribution in [1.29, 1.82) is 0 Å². The van der Waals surface area contributed by atoms with Crippen LogP contribution in [-0.2, 0) is 30.5 Å². The first-order valence-corrected chi connectivity index (χ1v) is 20.4. The van der Waals surface area contributed by atoms with E-state index in [1.54, 1.807) is 0 Å². The van der Waals surface area contributed by atoms with Crippen LogP contribution in [0.4, 0.5) is 0 Å². The molecular formula is C46H70N2O6-2. The van der Waals surface area contributed by atoms with Gasteiger partial charge in [0, 0.05) is 39.5 Å². The van der Waals surface area contributed by atoms with E-state index in [4.69, 9.17) is 9.68 Å². The summed E-state index contributed by atoms with van der Waals surface area (Å²) in [6.45, 7) is 25.9. The number of nitrogens with zero attached hydrogens (tertiary/aromatic N) is 2. The second-order valence-corrected chi connectivity index (χ2v) is 20.0. The van der Waals surface area contributed by atoms with E-state index < -0.39 is 50.7 Å². The molecule has 2 aliphatic rings. The lowest BCUT2D eigenvalue weighted by Gasteiger charge is -2.64. The number of benzene rings is 2. The lowest BCUT2D eigenvalue weighted by Crippen LogP contribution is -2.69. The molecule has 0 atom stereocenters. The van der Waals surface area contributed by atoms with Gasteiger partial charge in [0.15, 0.2) is 0 Å². The summed E-state index contributed by atoms with van der Waals surface area (Å²) in [6.07, 6.45) is 6.90. The number of hydrogen-bond acceptors (Lipinski definition) is 8. The predicted octanol–water partition coefficient (Wildman–Crippen LogP) is 8.48. The highest BCUT2D eigenvalue weighted by Crippen LogP contribution is 2.59. The monoisotopic (exact) mass is 747 g/mol. The maximum atomic E-state index is 14.2. The summed E-state index contributed by atoms with van der Waals surface area (Å²) in [5.74, 6) is -2.32. The van der Waals surface area contributed by atoms with Crippen LogP contribution in [0.15, 0.2) is 60.7 Å². The molecule has 54 heavy (non-hydrogen) atoms. The second kappa shape index (κ2) is 16.4. The summed E-state index contributed by atoms with van der Waals surface area (Å²) in [4.78, 5) is 39.2. The highest BCUT2D eigenvalue weighted by atomic mass is 16.7. The van der Waals surface area contributed by atoms with Gasteiger partial charge in [0.1, 0.15) is 11.2 Å². The van der Waals surface area contributed by atoms with Gasteiger partial charge < -0.3 is 19.8 Å². The topological polar surface area (TPSA) is 105 Å². The van der Waals surface area contributed by atoms with E-state index in [0.29, 0.717) is 38.5 Å². The molecule has 0 unspecified atom stereocenters. The largest absolute Gasteiger partial charge is 0.550 e. The molecule has 0 amide bonds. The molecule has 2 aromatic carbocycles. The smallest absolute Gasteiger partial charge is 0.109 e. The van der Waals surface area contributed by atoms with Crippen molar-refractivity contribution in [3.63, 3.8) is 0 Å². The van der Waals surface area contributed by atoms with Crippen molar-refractivity contribution in [3.8, 4) is 0 Å². The van der Waals surface area contributed by atoms with Gasteiger partial charge in [-0.05, 0) is 151 Å². The fourth-order valence-electron chi connectivity index (χ4n) is 10.4. The number of hydrogen-bond donors (Lipinski definition) is 0. The maximum absolute atomic E-state index is 14.2. The molecule has 0 radical (unpaired) electrons. The summed E-state index contributed by atoms with van der Waals surface area (Å²) in [7, 11) is 0. The zero-order valence-corrected chi connectivity index (χ0v) is 35.6. The van der Waals surface area contributed by atoms with E-state index in [9.17, 15) is 19.8 Å². The molecule has 0 bridgehead atoms. The van der Waals surface area contributed by atoms with Crippen LogP contribution in [0.25, 0.3) is 0 Å². The zero-order valence-electron chi connectivity index (χ0n) is 35.6. The van der Waals surface area contributed by atoms with E-state index in [0.717, 1.165) is 36.8 Å². The Morgan fingerprint density at radius 1 is 0.593 bits per heavy atom. The Bertz CT molecular complexity index is 1420. The van der Waals surface area contributed by atoms with Crippen LogP contribution in [0.1, 0.15) is 165 Å². The average molecular weight is 747 g/mol. The Balaban J connectivity index is 1.70. The molecule has 2 aliphatic heterocycles. The molecule has 0 N–H and O–H groups in total. The fraction of sp³-hybridized carbons (Fsp3) is 0.696. The molecule has 302 valence electrons. The highest BCUT2D eigenvalue weighted by molar-refractivity contribution is 5.73. The van der Waals surface area contributed by atoms with E-state index in [1.165, 1.54) is 0 Å². The highest BCUT2D eigenvalue weighted by Gasteiger charge is 2.60. The first-order chi connectivity index (χ1) is 24.9. The molecule has 4 rings (SSSR count). The van der Waals surface area contributed by atoms with Gasteiger partial charge in [-0.25, -0.2) is 0 Å². The second-order valence-electron chi connectivity index (χ2n) is 20.0. The minimum atomic E-state index is -1.10. The van der Waals surface area contributed by atoms with Crippen LogP contribution in [-0.4, -0.2) is 44.2 Å². The van der Waals surface area contributed by atoms with E-state index >= 15 is 0 Å². The number of rotatable bonds is 17. The van der Waals surface area contributed by atoms with Crippen LogP contribution in [0.5, 0.6) is 0 Å². The fourth-order valence-corrected chi connectivity index (χ4v) is 10.4. The quantitative estimate of drug-likeness (QED) is 0.149. The molecule has 0 aromatic heterocycles. The Morgan fingerprint density at radius 3 is 1.26 bits per heavy atom.